The Bertz CT molecular complexity index is 1220. The molecule has 1 aliphatic rings. The summed E-state index contributed by atoms with van der Waals surface area (Å²) in [7, 11) is -3.72. The van der Waals surface area contributed by atoms with E-state index in [-0.39, 0.29) is 18.2 Å². The van der Waals surface area contributed by atoms with Crippen LogP contribution < -0.4 is 14.4 Å². The lowest BCUT2D eigenvalue weighted by Crippen LogP contribution is -2.51. The first kappa shape index (κ1) is 24.4. The van der Waals surface area contributed by atoms with Gasteiger partial charge in [-0.1, -0.05) is 66.2 Å². The number of fused-ring (bicyclic) bond motifs is 1. The molecule has 1 aliphatic heterocycles. The molecule has 0 bridgehead atoms. The summed E-state index contributed by atoms with van der Waals surface area (Å²) < 4.78 is 33.7. The number of para-hydroxylation sites is 2. The summed E-state index contributed by atoms with van der Waals surface area (Å²) in [6.45, 7) is 0.380. The maximum absolute atomic E-state index is 13.3. The molecule has 0 fully saturated rings. The number of amides is 1. The normalized spacial score (nSPS) is 15.3. The molecule has 9 heteroatoms. The number of halogens is 1. The van der Waals surface area contributed by atoms with Gasteiger partial charge in [0.2, 0.25) is 10.0 Å². The van der Waals surface area contributed by atoms with Crippen LogP contribution >= 0.6 is 23.4 Å². The van der Waals surface area contributed by atoms with Gasteiger partial charge < -0.3 is 10.1 Å². The van der Waals surface area contributed by atoms with Crippen molar-refractivity contribution >= 4 is 45.0 Å². The van der Waals surface area contributed by atoms with Crippen molar-refractivity contribution in [1.29, 1.82) is 0 Å². The Balaban J connectivity index is 1.37. The largest absolute Gasteiger partial charge is 0.476 e. The van der Waals surface area contributed by atoms with Crippen molar-refractivity contribution in [2.24, 2.45) is 0 Å². The van der Waals surface area contributed by atoms with Gasteiger partial charge in [0.25, 0.3) is 5.91 Å². The average molecular weight is 517 g/mol. The number of carbonyl (C=O) groups is 1. The SMILES string of the molecule is O=C(NCCSCc1ccc(Cl)cc1)[C@@H]1CN(S(=O)(=O)Cc2ccccc2)c2ccccc2O1. The molecule has 178 valence electrons. The predicted octanol–water partition coefficient (Wildman–Crippen LogP) is 4.49. The van der Waals surface area contributed by atoms with Gasteiger partial charge in [-0.05, 0) is 35.4 Å². The summed E-state index contributed by atoms with van der Waals surface area (Å²) in [4.78, 5) is 12.8. The van der Waals surface area contributed by atoms with Crippen LogP contribution in [-0.2, 0) is 26.3 Å². The van der Waals surface area contributed by atoms with Crippen molar-refractivity contribution < 1.29 is 17.9 Å². The minimum atomic E-state index is -3.72. The van der Waals surface area contributed by atoms with Crippen LogP contribution in [0, 0.1) is 0 Å². The van der Waals surface area contributed by atoms with Crippen LogP contribution in [0.15, 0.2) is 78.9 Å². The molecule has 4 rings (SSSR count). The minimum Gasteiger partial charge on any atom is -0.476 e. The number of ether oxygens (including phenoxy) is 1. The standard InChI is InChI=1S/C25H25ClN2O4S2/c26-21-12-10-19(11-13-21)17-33-15-14-27-25(29)24-16-28(22-8-4-5-9-23(22)32-24)34(30,31)18-20-6-2-1-3-7-20/h1-13,24H,14-18H2,(H,27,29)/t24-/m0/s1. The zero-order valence-corrected chi connectivity index (χ0v) is 20.8. The molecule has 34 heavy (non-hydrogen) atoms. The molecule has 0 aliphatic carbocycles. The van der Waals surface area contributed by atoms with Crippen LogP contribution in [0.4, 0.5) is 5.69 Å². The van der Waals surface area contributed by atoms with E-state index in [1.165, 1.54) is 4.31 Å². The van der Waals surface area contributed by atoms with Crippen LogP contribution in [0.1, 0.15) is 11.1 Å². The fourth-order valence-electron chi connectivity index (χ4n) is 3.60. The lowest BCUT2D eigenvalue weighted by Gasteiger charge is -2.34. The Morgan fingerprint density at radius 3 is 2.47 bits per heavy atom. The zero-order valence-electron chi connectivity index (χ0n) is 18.4. The van der Waals surface area contributed by atoms with Crippen molar-refractivity contribution in [3.05, 3.63) is 95.0 Å². The number of anilines is 1. The minimum absolute atomic E-state index is 0.0735. The first-order valence-corrected chi connectivity index (χ1v) is 14.0. The molecule has 0 radical (unpaired) electrons. The second-order valence-electron chi connectivity index (χ2n) is 7.82. The van der Waals surface area contributed by atoms with Crippen LogP contribution in [0.3, 0.4) is 0 Å². The lowest BCUT2D eigenvalue weighted by atomic mass is 10.2. The van der Waals surface area contributed by atoms with Gasteiger partial charge >= 0.3 is 0 Å². The predicted molar refractivity (Wildman–Crippen MR) is 138 cm³/mol. The number of hydrogen-bond donors (Lipinski definition) is 1. The monoisotopic (exact) mass is 516 g/mol. The zero-order chi connectivity index (χ0) is 24.0. The van der Waals surface area contributed by atoms with Gasteiger partial charge in [0.05, 0.1) is 18.0 Å². The number of thioether (sulfide) groups is 1. The highest BCUT2D eigenvalue weighted by molar-refractivity contribution is 7.98. The van der Waals surface area contributed by atoms with E-state index in [1.807, 2.05) is 30.3 Å². The Morgan fingerprint density at radius 2 is 1.71 bits per heavy atom. The van der Waals surface area contributed by atoms with Gasteiger partial charge in [0.1, 0.15) is 5.75 Å². The maximum Gasteiger partial charge on any atom is 0.263 e. The van der Waals surface area contributed by atoms with Gasteiger partial charge in [0, 0.05) is 23.1 Å². The highest BCUT2D eigenvalue weighted by Gasteiger charge is 2.36. The number of nitrogens with zero attached hydrogens (tertiary/aromatic N) is 1. The topological polar surface area (TPSA) is 75.7 Å². The number of carbonyl (C=O) groups excluding carboxylic acids is 1. The van der Waals surface area contributed by atoms with Crippen molar-refractivity contribution in [3.63, 3.8) is 0 Å². The van der Waals surface area contributed by atoms with Gasteiger partial charge in [-0.3, -0.25) is 9.10 Å². The van der Waals surface area contributed by atoms with Crippen molar-refractivity contribution in [3.8, 4) is 5.75 Å². The quantitative estimate of drug-likeness (QED) is 0.424. The third kappa shape index (κ3) is 6.25. The molecule has 0 spiro atoms. The molecule has 0 aromatic heterocycles. The van der Waals surface area contributed by atoms with Gasteiger partial charge in [-0.15, -0.1) is 0 Å². The van der Waals surface area contributed by atoms with Crippen LogP contribution in [0.2, 0.25) is 5.02 Å². The summed E-state index contributed by atoms with van der Waals surface area (Å²) in [6, 6.07) is 23.6. The second kappa shape index (κ2) is 11.2. The van der Waals surface area contributed by atoms with Crippen molar-refractivity contribution in [1.82, 2.24) is 5.32 Å². The number of sulfonamides is 1. The number of benzene rings is 3. The van der Waals surface area contributed by atoms with E-state index in [9.17, 15) is 13.2 Å². The molecule has 3 aromatic rings. The van der Waals surface area contributed by atoms with Crippen LogP contribution in [-0.4, -0.2) is 39.3 Å². The lowest BCUT2D eigenvalue weighted by molar-refractivity contribution is -0.127. The van der Waals surface area contributed by atoms with Crippen LogP contribution in [0.5, 0.6) is 5.75 Å². The summed E-state index contributed by atoms with van der Waals surface area (Å²) in [5.41, 5.74) is 2.29. The van der Waals surface area contributed by atoms with E-state index in [1.54, 1.807) is 60.3 Å². The molecule has 1 amide bonds. The fourth-order valence-corrected chi connectivity index (χ4v) is 6.12. The van der Waals surface area contributed by atoms with E-state index in [4.69, 9.17) is 16.3 Å². The highest BCUT2D eigenvalue weighted by atomic mass is 35.5. The summed E-state index contributed by atoms with van der Waals surface area (Å²) in [5.74, 6) is 1.42. The fraction of sp³-hybridized carbons (Fsp3) is 0.240. The molecule has 0 saturated heterocycles. The third-order valence-electron chi connectivity index (χ3n) is 5.28. The van der Waals surface area contributed by atoms with Gasteiger partial charge in [-0.25, -0.2) is 8.42 Å². The van der Waals surface area contributed by atoms with Gasteiger partial charge in [-0.2, -0.15) is 11.8 Å². The molecule has 1 heterocycles. The Kier molecular flexibility index (Phi) is 8.03. The van der Waals surface area contributed by atoms with Gasteiger partial charge in [0.15, 0.2) is 6.10 Å². The van der Waals surface area contributed by atoms with Crippen molar-refractivity contribution in [2.45, 2.75) is 17.6 Å². The molecule has 0 saturated carbocycles. The number of hydrogen-bond acceptors (Lipinski definition) is 5. The summed E-state index contributed by atoms with van der Waals surface area (Å²) >= 11 is 7.60. The molecular weight excluding hydrogens is 492 g/mol. The Hall–Kier alpha value is -2.68. The summed E-state index contributed by atoms with van der Waals surface area (Å²) in [6.07, 6.45) is -0.929. The first-order valence-electron chi connectivity index (χ1n) is 10.8. The van der Waals surface area contributed by atoms with E-state index in [0.29, 0.717) is 34.3 Å². The molecule has 1 atom stereocenters. The number of rotatable bonds is 9. The Morgan fingerprint density at radius 1 is 1.00 bits per heavy atom. The van der Waals surface area contributed by atoms with Crippen LogP contribution in [0.25, 0.3) is 0 Å². The van der Waals surface area contributed by atoms with E-state index >= 15 is 0 Å². The molecule has 1 N–H and O–H groups in total. The molecule has 0 unspecified atom stereocenters. The molecule has 3 aromatic carbocycles. The smallest absolute Gasteiger partial charge is 0.263 e. The Labute approximate surface area is 209 Å². The number of nitrogens with one attached hydrogen (secondary N) is 1. The van der Waals surface area contributed by atoms with E-state index in [2.05, 4.69) is 5.32 Å². The molecular formula is C25H25ClN2O4S2. The first-order chi connectivity index (χ1) is 16.4. The maximum atomic E-state index is 13.3. The highest BCUT2D eigenvalue weighted by Crippen LogP contribution is 2.35. The van der Waals surface area contributed by atoms with Crippen molar-refractivity contribution in [2.75, 3.05) is 23.1 Å². The summed E-state index contributed by atoms with van der Waals surface area (Å²) in [5, 5.41) is 3.58. The third-order valence-corrected chi connectivity index (χ3v) is 8.28. The second-order valence-corrected chi connectivity index (χ2v) is 11.3. The van der Waals surface area contributed by atoms with E-state index < -0.39 is 16.1 Å². The molecule has 6 nitrogen and oxygen atoms in total. The average Bonchev–Trinajstić information content (AvgIpc) is 2.84. The van der Waals surface area contributed by atoms with E-state index in [0.717, 1.165) is 11.3 Å².